The highest BCUT2D eigenvalue weighted by Crippen LogP contribution is 2.18. The van der Waals surface area contributed by atoms with Crippen molar-refractivity contribution in [3.05, 3.63) is 0 Å². The van der Waals surface area contributed by atoms with Crippen LogP contribution in [-0.2, 0) is 23.9 Å². The summed E-state index contributed by atoms with van der Waals surface area (Å²) in [6.45, 7) is 4.83. The number of nitrogens with two attached hydrogens (primary N) is 1. The summed E-state index contributed by atoms with van der Waals surface area (Å²) in [4.78, 5) is 33.9. The number of carbonyl (C=O) groups excluding carboxylic acids is 2. The van der Waals surface area contributed by atoms with Crippen molar-refractivity contribution < 1.29 is 29.0 Å². The summed E-state index contributed by atoms with van der Waals surface area (Å²) in [5.41, 5.74) is 2.71. The van der Waals surface area contributed by atoms with Crippen LogP contribution in [0, 0.1) is 0 Å². The molecule has 7 nitrogen and oxygen atoms in total. The summed E-state index contributed by atoms with van der Waals surface area (Å²) in [5, 5.41) is 8.59. The number of carboxylic acids is 1. The zero-order valence-corrected chi connectivity index (χ0v) is 11.0. The molecule has 0 radical (unpaired) electrons. The average Bonchev–Trinajstić information content (AvgIpc) is 2.22. The molecule has 0 aliphatic heterocycles. The topological polar surface area (TPSA) is 116 Å². The number of aliphatic carboxylic acids is 1. The van der Waals surface area contributed by atoms with Crippen molar-refractivity contribution in [2.75, 3.05) is 7.11 Å². The third-order valence-corrected chi connectivity index (χ3v) is 2.05. The Morgan fingerprint density at radius 3 is 2.00 bits per heavy atom. The van der Waals surface area contributed by atoms with Crippen LogP contribution in [0.4, 0.5) is 0 Å². The lowest BCUT2D eigenvalue weighted by Gasteiger charge is -2.28. The van der Waals surface area contributed by atoms with Crippen molar-refractivity contribution in [2.45, 2.75) is 44.8 Å². The number of carboxylic acid groups (broad SMARTS) is 1. The lowest BCUT2D eigenvalue weighted by molar-refractivity contribution is -0.171. The molecule has 0 saturated carbocycles. The van der Waals surface area contributed by atoms with Gasteiger partial charge >= 0.3 is 17.9 Å². The Kier molecular flexibility index (Phi) is 5.29. The SMILES string of the molecule is COC(=O)[C@@](N)(CCC(=O)O)C(=O)OC(C)(C)C. The van der Waals surface area contributed by atoms with Gasteiger partial charge in [-0.25, -0.2) is 9.59 Å². The van der Waals surface area contributed by atoms with E-state index in [1.807, 2.05) is 0 Å². The molecule has 104 valence electrons. The Hall–Kier alpha value is -1.63. The molecule has 0 aromatic carbocycles. The molecule has 0 aromatic rings. The van der Waals surface area contributed by atoms with Gasteiger partial charge in [-0.3, -0.25) is 4.79 Å². The van der Waals surface area contributed by atoms with Crippen LogP contribution < -0.4 is 5.73 Å². The molecule has 0 aromatic heterocycles. The average molecular weight is 261 g/mol. The number of hydrogen-bond donors (Lipinski definition) is 2. The molecule has 0 saturated heterocycles. The molecular formula is C11H19NO6. The summed E-state index contributed by atoms with van der Waals surface area (Å²) in [5.74, 6) is -3.18. The van der Waals surface area contributed by atoms with E-state index in [2.05, 4.69) is 4.74 Å². The minimum absolute atomic E-state index is 0.385. The van der Waals surface area contributed by atoms with Crippen molar-refractivity contribution in [3.63, 3.8) is 0 Å². The fraction of sp³-hybridized carbons (Fsp3) is 0.727. The zero-order valence-electron chi connectivity index (χ0n) is 11.0. The van der Waals surface area contributed by atoms with Crippen molar-refractivity contribution >= 4 is 17.9 Å². The first-order chi connectivity index (χ1) is 8.03. The van der Waals surface area contributed by atoms with Crippen LogP contribution in [0.3, 0.4) is 0 Å². The fourth-order valence-electron chi connectivity index (χ4n) is 1.14. The summed E-state index contributed by atoms with van der Waals surface area (Å²) in [6, 6.07) is 0. The van der Waals surface area contributed by atoms with Crippen molar-refractivity contribution in [3.8, 4) is 0 Å². The maximum absolute atomic E-state index is 11.9. The van der Waals surface area contributed by atoms with Gasteiger partial charge in [-0.1, -0.05) is 0 Å². The largest absolute Gasteiger partial charge is 0.481 e. The predicted octanol–water partition coefficient (Wildman–Crippen LogP) is 0.0634. The monoisotopic (exact) mass is 261 g/mol. The highest BCUT2D eigenvalue weighted by molar-refractivity contribution is 6.05. The molecule has 0 aliphatic rings. The highest BCUT2D eigenvalue weighted by Gasteiger charge is 2.46. The third kappa shape index (κ3) is 4.70. The van der Waals surface area contributed by atoms with E-state index in [4.69, 9.17) is 15.6 Å². The molecule has 0 bridgehead atoms. The molecule has 0 unspecified atom stereocenters. The molecule has 0 rings (SSSR count). The van der Waals surface area contributed by atoms with E-state index in [1.165, 1.54) is 0 Å². The minimum atomic E-state index is -2.10. The summed E-state index contributed by atoms with van der Waals surface area (Å²) in [6.07, 6.45) is -0.825. The first-order valence-corrected chi connectivity index (χ1v) is 5.35. The Labute approximate surface area is 105 Å². The quantitative estimate of drug-likeness (QED) is 0.531. The zero-order chi connectivity index (χ0) is 14.6. The van der Waals surface area contributed by atoms with Crippen LogP contribution in [0.1, 0.15) is 33.6 Å². The van der Waals surface area contributed by atoms with Crippen LogP contribution >= 0.6 is 0 Å². The Bertz CT molecular complexity index is 346. The molecular weight excluding hydrogens is 242 g/mol. The molecule has 1 atom stereocenters. The van der Waals surface area contributed by atoms with E-state index in [0.717, 1.165) is 7.11 Å². The van der Waals surface area contributed by atoms with E-state index in [-0.39, 0.29) is 6.42 Å². The number of rotatable bonds is 5. The van der Waals surface area contributed by atoms with Crippen molar-refractivity contribution in [1.82, 2.24) is 0 Å². The lowest BCUT2D eigenvalue weighted by atomic mass is 9.94. The van der Waals surface area contributed by atoms with Crippen LogP contribution in [-0.4, -0.2) is 41.3 Å². The third-order valence-electron chi connectivity index (χ3n) is 2.05. The highest BCUT2D eigenvalue weighted by atomic mass is 16.6. The molecule has 18 heavy (non-hydrogen) atoms. The smallest absolute Gasteiger partial charge is 0.338 e. The minimum Gasteiger partial charge on any atom is -0.481 e. The van der Waals surface area contributed by atoms with E-state index in [1.54, 1.807) is 20.8 Å². The number of hydrogen-bond acceptors (Lipinski definition) is 6. The Morgan fingerprint density at radius 2 is 1.67 bits per heavy atom. The molecule has 0 amide bonds. The first-order valence-electron chi connectivity index (χ1n) is 5.35. The van der Waals surface area contributed by atoms with E-state index in [0.29, 0.717) is 0 Å². The van der Waals surface area contributed by atoms with Gasteiger partial charge in [-0.2, -0.15) is 0 Å². The van der Waals surface area contributed by atoms with Crippen LogP contribution in [0.5, 0.6) is 0 Å². The van der Waals surface area contributed by atoms with Gasteiger partial charge < -0.3 is 20.3 Å². The van der Waals surface area contributed by atoms with Gasteiger partial charge in [0.25, 0.3) is 0 Å². The first kappa shape index (κ1) is 16.4. The van der Waals surface area contributed by atoms with Crippen molar-refractivity contribution in [1.29, 1.82) is 0 Å². The van der Waals surface area contributed by atoms with Gasteiger partial charge in [0.05, 0.1) is 7.11 Å². The van der Waals surface area contributed by atoms with Gasteiger partial charge in [0, 0.05) is 6.42 Å². The summed E-state index contributed by atoms with van der Waals surface area (Å²) in [7, 11) is 1.06. The summed E-state index contributed by atoms with van der Waals surface area (Å²) >= 11 is 0. The second kappa shape index (κ2) is 5.81. The van der Waals surface area contributed by atoms with Crippen LogP contribution in [0.15, 0.2) is 0 Å². The maximum Gasteiger partial charge on any atom is 0.338 e. The number of ether oxygens (including phenoxy) is 2. The second-order valence-corrected chi connectivity index (χ2v) is 4.86. The van der Waals surface area contributed by atoms with Gasteiger partial charge in [0.15, 0.2) is 0 Å². The fourth-order valence-corrected chi connectivity index (χ4v) is 1.14. The standard InChI is InChI=1S/C11H19NO6/c1-10(2,3)18-9(16)11(12,8(15)17-4)6-5-7(13)14/h5-6,12H2,1-4H3,(H,13,14)/t11-/m0/s1. The molecule has 0 spiro atoms. The number of esters is 2. The van der Waals surface area contributed by atoms with Crippen LogP contribution in [0.2, 0.25) is 0 Å². The van der Waals surface area contributed by atoms with Crippen LogP contribution in [0.25, 0.3) is 0 Å². The lowest BCUT2D eigenvalue weighted by Crippen LogP contribution is -2.57. The van der Waals surface area contributed by atoms with Gasteiger partial charge in [-0.05, 0) is 27.2 Å². The molecule has 7 heteroatoms. The number of methoxy groups -OCH3 is 1. The van der Waals surface area contributed by atoms with Crippen molar-refractivity contribution in [2.24, 2.45) is 5.73 Å². The Morgan fingerprint density at radius 1 is 1.17 bits per heavy atom. The molecule has 0 fully saturated rings. The van der Waals surface area contributed by atoms with E-state index < -0.39 is 35.5 Å². The molecule has 3 N–H and O–H groups in total. The normalized spacial score (nSPS) is 14.5. The van der Waals surface area contributed by atoms with Gasteiger partial charge in [0.1, 0.15) is 5.60 Å². The molecule has 0 heterocycles. The van der Waals surface area contributed by atoms with E-state index >= 15 is 0 Å². The summed E-state index contributed by atoms with van der Waals surface area (Å²) < 4.78 is 9.43. The van der Waals surface area contributed by atoms with Gasteiger partial charge in [-0.15, -0.1) is 0 Å². The maximum atomic E-state index is 11.9. The van der Waals surface area contributed by atoms with E-state index in [9.17, 15) is 14.4 Å². The molecule has 0 aliphatic carbocycles. The second-order valence-electron chi connectivity index (χ2n) is 4.86. The number of carbonyl (C=O) groups is 3. The predicted molar refractivity (Wildman–Crippen MR) is 61.6 cm³/mol. The Balaban J connectivity index is 5.03. The van der Waals surface area contributed by atoms with Gasteiger partial charge in [0.2, 0.25) is 5.54 Å².